The van der Waals surface area contributed by atoms with E-state index in [9.17, 15) is 9.59 Å². The number of piperazine rings is 1. The molecule has 6 heteroatoms. The molecule has 2 rings (SSSR count). The number of rotatable bonds is 3. The number of nitrogens with one attached hydrogen (secondary N) is 1. The van der Waals surface area contributed by atoms with Gasteiger partial charge in [-0.25, -0.2) is 4.98 Å². The molecule has 1 saturated heterocycles. The second-order valence-electron chi connectivity index (χ2n) is 5.27. The molecule has 2 unspecified atom stereocenters. The molecule has 0 aliphatic carbocycles. The molecule has 2 heterocycles. The maximum Gasteiger partial charge on any atom is 0.245 e. The van der Waals surface area contributed by atoms with Crippen LogP contribution in [0, 0.1) is 12.8 Å². The molecule has 0 bridgehead atoms. The van der Waals surface area contributed by atoms with Gasteiger partial charge in [0.15, 0.2) is 0 Å². The third-order valence-corrected chi connectivity index (χ3v) is 4.17. The molecule has 0 saturated carbocycles. The van der Waals surface area contributed by atoms with Gasteiger partial charge >= 0.3 is 0 Å². The van der Waals surface area contributed by atoms with Gasteiger partial charge in [0.1, 0.15) is 17.1 Å². The molecule has 1 fully saturated rings. The summed E-state index contributed by atoms with van der Waals surface area (Å²) in [4.78, 5) is 30.4. The molecular weight excluding hydrogens is 262 g/mol. The Labute approximate surface area is 117 Å². The summed E-state index contributed by atoms with van der Waals surface area (Å²) in [6, 6.07) is -0.864. The van der Waals surface area contributed by atoms with Crippen LogP contribution in [0.5, 0.6) is 0 Å². The van der Waals surface area contributed by atoms with Gasteiger partial charge in [-0.3, -0.25) is 9.59 Å². The van der Waals surface area contributed by atoms with Gasteiger partial charge in [-0.2, -0.15) is 0 Å². The number of thiazole rings is 1. The van der Waals surface area contributed by atoms with Gasteiger partial charge in [-0.15, -0.1) is 11.3 Å². The van der Waals surface area contributed by atoms with Crippen LogP contribution in [0.25, 0.3) is 0 Å². The smallest absolute Gasteiger partial charge is 0.245 e. The maximum atomic E-state index is 12.3. The van der Waals surface area contributed by atoms with E-state index in [0.717, 1.165) is 10.7 Å². The molecule has 1 aliphatic heterocycles. The van der Waals surface area contributed by atoms with Crippen LogP contribution in [0.2, 0.25) is 0 Å². The molecular formula is C13H19N3O2S. The van der Waals surface area contributed by atoms with E-state index in [2.05, 4.69) is 10.3 Å². The zero-order valence-corrected chi connectivity index (χ0v) is 12.5. The molecule has 1 aliphatic rings. The molecule has 2 amide bonds. The van der Waals surface area contributed by atoms with Gasteiger partial charge in [-0.05, 0) is 19.8 Å². The van der Waals surface area contributed by atoms with Crippen molar-refractivity contribution >= 4 is 23.2 Å². The lowest BCUT2D eigenvalue weighted by molar-refractivity contribution is -0.151. The van der Waals surface area contributed by atoms with Crippen molar-refractivity contribution in [3.63, 3.8) is 0 Å². The Morgan fingerprint density at radius 1 is 1.47 bits per heavy atom. The van der Waals surface area contributed by atoms with Crippen LogP contribution in [-0.2, 0) is 16.1 Å². The van der Waals surface area contributed by atoms with Crippen LogP contribution in [0.1, 0.15) is 31.5 Å². The number of amides is 2. The Morgan fingerprint density at radius 3 is 2.68 bits per heavy atom. The van der Waals surface area contributed by atoms with Crippen molar-refractivity contribution in [2.45, 2.75) is 46.3 Å². The average molecular weight is 281 g/mol. The molecule has 0 radical (unpaired) electrons. The Hall–Kier alpha value is -1.43. The summed E-state index contributed by atoms with van der Waals surface area (Å²) in [7, 11) is 0. The van der Waals surface area contributed by atoms with Crippen LogP contribution in [0.4, 0.5) is 0 Å². The fourth-order valence-electron chi connectivity index (χ4n) is 2.35. The van der Waals surface area contributed by atoms with Crippen LogP contribution < -0.4 is 5.32 Å². The largest absolute Gasteiger partial charge is 0.343 e. The molecule has 1 aromatic rings. The van der Waals surface area contributed by atoms with Crippen molar-refractivity contribution in [1.29, 1.82) is 0 Å². The molecule has 5 nitrogen and oxygen atoms in total. The number of hydrogen-bond donors (Lipinski definition) is 1. The molecule has 1 aromatic heterocycles. The second kappa shape index (κ2) is 5.28. The first-order chi connectivity index (χ1) is 8.90. The summed E-state index contributed by atoms with van der Waals surface area (Å²) < 4.78 is 0. The van der Waals surface area contributed by atoms with Crippen molar-refractivity contribution in [3.05, 3.63) is 16.1 Å². The highest BCUT2D eigenvalue weighted by Gasteiger charge is 2.40. The van der Waals surface area contributed by atoms with E-state index < -0.39 is 12.1 Å². The van der Waals surface area contributed by atoms with Gasteiger partial charge < -0.3 is 10.2 Å². The minimum absolute atomic E-state index is 0.0360. The normalized spacial score (nSPS) is 23.9. The topological polar surface area (TPSA) is 62.3 Å². The van der Waals surface area contributed by atoms with Crippen LogP contribution in [0.3, 0.4) is 0 Å². The summed E-state index contributed by atoms with van der Waals surface area (Å²) in [5, 5.41) is 5.56. The molecule has 19 heavy (non-hydrogen) atoms. The van der Waals surface area contributed by atoms with Gasteiger partial charge in [0.05, 0.1) is 6.54 Å². The first-order valence-corrected chi connectivity index (χ1v) is 7.30. The van der Waals surface area contributed by atoms with Crippen molar-refractivity contribution in [3.8, 4) is 0 Å². The number of nitrogens with zero attached hydrogens (tertiary/aromatic N) is 2. The number of carbonyl (C=O) groups excluding carboxylic acids is 2. The zero-order chi connectivity index (χ0) is 14.2. The first-order valence-electron chi connectivity index (χ1n) is 6.42. The minimum Gasteiger partial charge on any atom is -0.343 e. The molecule has 0 spiro atoms. The predicted molar refractivity (Wildman–Crippen MR) is 73.6 cm³/mol. The molecule has 2 atom stereocenters. The number of aryl methyl sites for hydroxylation is 1. The third kappa shape index (κ3) is 2.78. The van der Waals surface area contributed by atoms with Crippen LogP contribution >= 0.6 is 11.3 Å². The maximum absolute atomic E-state index is 12.3. The van der Waals surface area contributed by atoms with E-state index >= 15 is 0 Å². The lowest BCUT2D eigenvalue weighted by atomic mass is 9.97. The highest BCUT2D eigenvalue weighted by molar-refractivity contribution is 7.09. The monoisotopic (exact) mass is 281 g/mol. The summed E-state index contributed by atoms with van der Waals surface area (Å²) in [5.74, 6) is -0.0287. The fourth-order valence-corrected chi connectivity index (χ4v) is 3.12. The lowest BCUT2D eigenvalue weighted by Gasteiger charge is -2.39. The highest BCUT2D eigenvalue weighted by atomic mass is 32.1. The minimum atomic E-state index is -0.455. The van der Waals surface area contributed by atoms with Gasteiger partial charge in [-0.1, -0.05) is 13.8 Å². The van der Waals surface area contributed by atoms with E-state index in [1.165, 1.54) is 11.3 Å². The number of carbonyl (C=O) groups is 2. The van der Waals surface area contributed by atoms with Crippen molar-refractivity contribution < 1.29 is 9.59 Å². The summed E-state index contributed by atoms with van der Waals surface area (Å²) in [5.41, 5.74) is 0.947. The second-order valence-corrected chi connectivity index (χ2v) is 6.21. The summed E-state index contributed by atoms with van der Waals surface area (Å²) >= 11 is 1.52. The molecule has 0 aromatic carbocycles. The standard InChI is InChI=1S/C13H19N3O2S/c1-7(2)11-12(17)15-9(4)13(18)16(11)5-10-14-8(3)6-19-10/h6-7,9,11H,5H2,1-4H3,(H,15,17). The van der Waals surface area contributed by atoms with Crippen LogP contribution in [0.15, 0.2) is 5.38 Å². The Morgan fingerprint density at radius 2 is 2.16 bits per heavy atom. The average Bonchev–Trinajstić information content (AvgIpc) is 2.71. The zero-order valence-electron chi connectivity index (χ0n) is 11.6. The number of hydrogen-bond acceptors (Lipinski definition) is 4. The third-order valence-electron chi connectivity index (χ3n) is 3.22. The SMILES string of the molecule is Cc1csc(CN2C(=O)C(C)NC(=O)C2C(C)C)n1. The highest BCUT2D eigenvalue weighted by Crippen LogP contribution is 2.21. The van der Waals surface area contributed by atoms with E-state index in [-0.39, 0.29) is 17.7 Å². The lowest BCUT2D eigenvalue weighted by Crippen LogP contribution is -2.63. The fraction of sp³-hybridized carbons (Fsp3) is 0.615. The Balaban J connectivity index is 2.25. The Bertz CT molecular complexity index is 498. The van der Waals surface area contributed by atoms with Gasteiger partial charge in [0.25, 0.3) is 0 Å². The van der Waals surface area contributed by atoms with Gasteiger partial charge in [0, 0.05) is 11.1 Å². The van der Waals surface area contributed by atoms with Gasteiger partial charge in [0.2, 0.25) is 11.8 Å². The van der Waals surface area contributed by atoms with E-state index in [4.69, 9.17) is 0 Å². The molecule has 104 valence electrons. The molecule has 1 N–H and O–H groups in total. The van der Waals surface area contributed by atoms with E-state index in [1.807, 2.05) is 26.2 Å². The van der Waals surface area contributed by atoms with Crippen molar-refractivity contribution in [2.75, 3.05) is 0 Å². The Kier molecular flexibility index (Phi) is 3.89. The van der Waals surface area contributed by atoms with Crippen molar-refractivity contribution in [1.82, 2.24) is 15.2 Å². The van der Waals surface area contributed by atoms with E-state index in [1.54, 1.807) is 11.8 Å². The van der Waals surface area contributed by atoms with E-state index in [0.29, 0.717) is 6.54 Å². The van der Waals surface area contributed by atoms with Crippen LogP contribution in [-0.4, -0.2) is 33.8 Å². The number of aromatic nitrogens is 1. The van der Waals surface area contributed by atoms with Crippen molar-refractivity contribution in [2.24, 2.45) is 5.92 Å². The summed E-state index contributed by atoms with van der Waals surface area (Å²) in [6.07, 6.45) is 0. The summed E-state index contributed by atoms with van der Waals surface area (Å²) in [6.45, 7) is 7.96. The first kappa shape index (κ1) is 14.0. The predicted octanol–water partition coefficient (Wildman–Crippen LogP) is 1.32. The quantitative estimate of drug-likeness (QED) is 0.909.